The van der Waals surface area contributed by atoms with Crippen molar-refractivity contribution in [2.75, 3.05) is 20.3 Å². The van der Waals surface area contributed by atoms with Crippen molar-refractivity contribution < 1.29 is 27.9 Å². The van der Waals surface area contributed by atoms with Crippen LogP contribution < -0.4 is 10.0 Å². The SMILES string of the molecule is CCC(C)C(NC(=O)c1ccc(S(=O)(=O)NCCOC)cc1)C(=O)O. The van der Waals surface area contributed by atoms with Crippen LogP contribution >= 0.6 is 0 Å². The molecule has 2 atom stereocenters. The van der Waals surface area contributed by atoms with Crippen LogP contribution in [0.15, 0.2) is 29.2 Å². The number of methoxy groups -OCH3 is 1. The molecule has 8 nitrogen and oxygen atoms in total. The first kappa shape index (κ1) is 21.1. The topological polar surface area (TPSA) is 122 Å². The lowest BCUT2D eigenvalue weighted by molar-refractivity contribution is -0.140. The van der Waals surface area contributed by atoms with E-state index >= 15 is 0 Å². The van der Waals surface area contributed by atoms with Crippen LogP contribution in [0.2, 0.25) is 0 Å². The monoisotopic (exact) mass is 372 g/mol. The lowest BCUT2D eigenvalue weighted by atomic mass is 9.99. The summed E-state index contributed by atoms with van der Waals surface area (Å²) in [7, 11) is -2.22. The van der Waals surface area contributed by atoms with E-state index < -0.39 is 27.9 Å². The van der Waals surface area contributed by atoms with Gasteiger partial charge in [0.05, 0.1) is 11.5 Å². The minimum atomic E-state index is -3.68. The zero-order valence-electron chi connectivity index (χ0n) is 14.5. The Morgan fingerprint density at radius 1 is 1.24 bits per heavy atom. The second kappa shape index (κ2) is 9.50. The number of rotatable bonds is 10. The number of aliphatic carboxylic acids is 1. The minimum absolute atomic E-state index is 0.0110. The molecule has 2 unspecified atom stereocenters. The molecule has 0 aliphatic carbocycles. The molecule has 0 aliphatic heterocycles. The third-order valence-corrected chi connectivity index (χ3v) is 5.27. The zero-order valence-corrected chi connectivity index (χ0v) is 15.3. The first-order valence-corrected chi connectivity index (χ1v) is 9.33. The third kappa shape index (κ3) is 6.11. The Labute approximate surface area is 147 Å². The maximum Gasteiger partial charge on any atom is 0.326 e. The molecule has 1 rings (SSSR count). The first-order chi connectivity index (χ1) is 11.7. The standard InChI is InChI=1S/C16H24N2O6S/c1-4-11(2)14(16(20)21)18-15(19)12-5-7-13(8-6-12)25(22,23)17-9-10-24-3/h5-8,11,14,17H,4,9-10H2,1-3H3,(H,18,19)(H,20,21). The van der Waals surface area contributed by atoms with E-state index in [2.05, 4.69) is 10.0 Å². The van der Waals surface area contributed by atoms with Crippen LogP contribution in [0.3, 0.4) is 0 Å². The van der Waals surface area contributed by atoms with Crippen molar-refractivity contribution in [1.29, 1.82) is 0 Å². The molecule has 1 aromatic rings. The molecule has 0 saturated heterocycles. The molecule has 0 bridgehead atoms. The summed E-state index contributed by atoms with van der Waals surface area (Å²) in [5.41, 5.74) is 0.186. The van der Waals surface area contributed by atoms with E-state index in [1.54, 1.807) is 6.92 Å². The van der Waals surface area contributed by atoms with Crippen LogP contribution in [0.1, 0.15) is 30.6 Å². The van der Waals surface area contributed by atoms with E-state index in [1.807, 2.05) is 6.92 Å². The Morgan fingerprint density at radius 2 is 1.84 bits per heavy atom. The van der Waals surface area contributed by atoms with Gasteiger partial charge in [-0.3, -0.25) is 4.79 Å². The first-order valence-electron chi connectivity index (χ1n) is 7.85. The Bertz CT molecular complexity index is 687. The predicted octanol–water partition coefficient (Wildman–Crippen LogP) is 0.840. The third-order valence-electron chi connectivity index (χ3n) is 3.79. The van der Waals surface area contributed by atoms with Crippen LogP contribution in [0, 0.1) is 5.92 Å². The van der Waals surface area contributed by atoms with Gasteiger partial charge in [0.15, 0.2) is 0 Å². The number of carboxylic acids is 1. The largest absolute Gasteiger partial charge is 0.480 e. The molecule has 0 aliphatic rings. The molecule has 140 valence electrons. The Hall–Kier alpha value is -1.97. The summed E-state index contributed by atoms with van der Waals surface area (Å²) in [6, 6.07) is 4.27. The van der Waals surface area contributed by atoms with E-state index in [0.29, 0.717) is 6.42 Å². The summed E-state index contributed by atoms with van der Waals surface area (Å²) in [6.07, 6.45) is 0.599. The molecule has 3 N–H and O–H groups in total. The molecule has 0 fully saturated rings. The highest BCUT2D eigenvalue weighted by molar-refractivity contribution is 7.89. The van der Waals surface area contributed by atoms with E-state index in [-0.39, 0.29) is 29.5 Å². The fourth-order valence-corrected chi connectivity index (χ4v) is 3.07. The van der Waals surface area contributed by atoms with Crippen molar-refractivity contribution in [2.24, 2.45) is 5.92 Å². The zero-order chi connectivity index (χ0) is 19.0. The summed E-state index contributed by atoms with van der Waals surface area (Å²) < 4.78 is 31.2. The maximum absolute atomic E-state index is 12.2. The molecule has 0 radical (unpaired) electrons. The van der Waals surface area contributed by atoms with Crippen LogP contribution in [0.5, 0.6) is 0 Å². The van der Waals surface area contributed by atoms with Gasteiger partial charge in [-0.2, -0.15) is 0 Å². The molecule has 25 heavy (non-hydrogen) atoms. The second-order valence-corrected chi connectivity index (χ2v) is 7.36. The summed E-state index contributed by atoms with van der Waals surface area (Å²) in [5.74, 6) is -1.90. The highest BCUT2D eigenvalue weighted by Crippen LogP contribution is 2.12. The molecule has 0 saturated carbocycles. The van der Waals surface area contributed by atoms with Gasteiger partial charge >= 0.3 is 5.97 Å². The van der Waals surface area contributed by atoms with Gasteiger partial charge in [0.25, 0.3) is 5.91 Å². The number of benzene rings is 1. The number of carboxylic acid groups (broad SMARTS) is 1. The highest BCUT2D eigenvalue weighted by atomic mass is 32.2. The summed E-state index contributed by atoms with van der Waals surface area (Å²) in [6.45, 7) is 3.95. The summed E-state index contributed by atoms with van der Waals surface area (Å²) >= 11 is 0. The highest BCUT2D eigenvalue weighted by Gasteiger charge is 2.25. The van der Waals surface area contributed by atoms with Crippen molar-refractivity contribution in [3.63, 3.8) is 0 Å². The number of hydrogen-bond acceptors (Lipinski definition) is 5. The molecule has 0 heterocycles. The average molecular weight is 372 g/mol. The Morgan fingerprint density at radius 3 is 2.32 bits per heavy atom. The molecule has 0 spiro atoms. The molecule has 9 heteroatoms. The summed E-state index contributed by atoms with van der Waals surface area (Å²) in [4.78, 5) is 23.5. The average Bonchev–Trinajstić information content (AvgIpc) is 2.58. The van der Waals surface area contributed by atoms with E-state index in [9.17, 15) is 23.1 Å². The van der Waals surface area contributed by atoms with Gasteiger partial charge in [-0.15, -0.1) is 0 Å². The van der Waals surface area contributed by atoms with Crippen molar-refractivity contribution in [2.45, 2.75) is 31.2 Å². The van der Waals surface area contributed by atoms with Gasteiger partial charge in [-0.25, -0.2) is 17.9 Å². The van der Waals surface area contributed by atoms with E-state index in [0.717, 1.165) is 0 Å². The molecular formula is C16H24N2O6S. The maximum atomic E-state index is 12.2. The number of hydrogen-bond donors (Lipinski definition) is 3. The number of ether oxygens (including phenoxy) is 1. The van der Waals surface area contributed by atoms with Crippen molar-refractivity contribution >= 4 is 21.9 Å². The fourth-order valence-electron chi connectivity index (χ4n) is 2.05. The van der Waals surface area contributed by atoms with Crippen molar-refractivity contribution in [1.82, 2.24) is 10.0 Å². The molecular weight excluding hydrogens is 348 g/mol. The van der Waals surface area contributed by atoms with Crippen molar-refractivity contribution in [3.05, 3.63) is 29.8 Å². The molecule has 1 amide bonds. The quantitative estimate of drug-likeness (QED) is 0.523. The number of nitrogens with one attached hydrogen (secondary N) is 2. The smallest absolute Gasteiger partial charge is 0.326 e. The van der Waals surface area contributed by atoms with Gasteiger partial charge in [-0.05, 0) is 30.2 Å². The van der Waals surface area contributed by atoms with Gasteiger partial charge in [-0.1, -0.05) is 20.3 Å². The number of sulfonamides is 1. The van der Waals surface area contributed by atoms with Crippen LogP contribution in [-0.4, -0.2) is 51.7 Å². The summed E-state index contributed by atoms with van der Waals surface area (Å²) in [5, 5.41) is 11.7. The number of carbonyl (C=O) groups excluding carboxylic acids is 1. The lowest BCUT2D eigenvalue weighted by Crippen LogP contribution is -2.45. The Balaban J connectivity index is 2.84. The second-order valence-electron chi connectivity index (χ2n) is 5.59. The minimum Gasteiger partial charge on any atom is -0.480 e. The fraction of sp³-hybridized carbons (Fsp3) is 0.500. The van der Waals surface area contributed by atoms with Crippen LogP contribution in [0.25, 0.3) is 0 Å². The van der Waals surface area contributed by atoms with E-state index in [4.69, 9.17) is 4.74 Å². The normalized spacial score (nSPS) is 13.9. The van der Waals surface area contributed by atoms with Crippen LogP contribution in [0.4, 0.5) is 0 Å². The molecule has 0 aromatic heterocycles. The van der Waals surface area contributed by atoms with E-state index in [1.165, 1.54) is 31.4 Å². The van der Waals surface area contributed by atoms with Gasteiger partial charge in [0, 0.05) is 19.2 Å². The predicted molar refractivity (Wildman–Crippen MR) is 91.9 cm³/mol. The number of carbonyl (C=O) groups is 2. The molecule has 1 aromatic carbocycles. The van der Waals surface area contributed by atoms with Crippen LogP contribution in [-0.2, 0) is 19.6 Å². The van der Waals surface area contributed by atoms with Gasteiger partial charge < -0.3 is 15.2 Å². The van der Waals surface area contributed by atoms with Crippen molar-refractivity contribution in [3.8, 4) is 0 Å². The van der Waals surface area contributed by atoms with Gasteiger partial charge in [0.2, 0.25) is 10.0 Å². The number of amides is 1. The van der Waals surface area contributed by atoms with Gasteiger partial charge in [0.1, 0.15) is 6.04 Å². The Kier molecular flexibility index (Phi) is 8.01. The lowest BCUT2D eigenvalue weighted by Gasteiger charge is -2.20.